The van der Waals surface area contributed by atoms with Gasteiger partial charge in [-0.05, 0) is 37.5 Å². The molecule has 0 aliphatic carbocycles. The maximum Gasteiger partial charge on any atom is 0.422 e. The molecule has 1 heterocycles. The second-order valence-corrected chi connectivity index (χ2v) is 6.55. The minimum Gasteiger partial charge on any atom is -0.484 e. The molecule has 0 spiro atoms. The van der Waals surface area contributed by atoms with Gasteiger partial charge in [-0.15, -0.1) is 11.8 Å². The zero-order valence-corrected chi connectivity index (χ0v) is 14.5. The summed E-state index contributed by atoms with van der Waals surface area (Å²) in [6.07, 6.45) is -2.40. The molecule has 1 aromatic carbocycles. The summed E-state index contributed by atoms with van der Waals surface area (Å²) in [5.74, 6) is 1.43. The molecular formula is C17H22F3NO2S. The van der Waals surface area contributed by atoms with E-state index in [0.717, 1.165) is 49.0 Å². The van der Waals surface area contributed by atoms with Gasteiger partial charge in [0.1, 0.15) is 5.75 Å². The lowest BCUT2D eigenvalue weighted by atomic mass is 9.98. The summed E-state index contributed by atoms with van der Waals surface area (Å²) in [7, 11) is 0. The van der Waals surface area contributed by atoms with E-state index in [2.05, 4.69) is 4.99 Å². The minimum absolute atomic E-state index is 0.233. The number of ether oxygens (including phenoxy) is 2. The number of nitrogens with zero attached hydrogens (tertiary/aromatic N) is 1. The fraction of sp³-hybridized carbons (Fsp3) is 0.588. The number of aliphatic imine (C=N–C) groups is 1. The largest absolute Gasteiger partial charge is 0.484 e. The Labute approximate surface area is 144 Å². The van der Waals surface area contributed by atoms with Crippen LogP contribution in [-0.4, -0.2) is 43.3 Å². The molecule has 1 aromatic rings. The molecule has 0 radical (unpaired) electrons. The molecule has 1 aliphatic rings. The van der Waals surface area contributed by atoms with E-state index >= 15 is 0 Å². The first kappa shape index (κ1) is 19.1. The third-order valence-electron chi connectivity index (χ3n) is 3.56. The molecule has 24 heavy (non-hydrogen) atoms. The summed E-state index contributed by atoms with van der Waals surface area (Å²) in [4.78, 5) is 4.56. The summed E-state index contributed by atoms with van der Waals surface area (Å²) in [5.41, 5.74) is 1.07. The highest BCUT2D eigenvalue weighted by atomic mass is 32.2. The molecule has 0 N–H and O–H groups in total. The fourth-order valence-electron chi connectivity index (χ4n) is 2.44. The highest BCUT2D eigenvalue weighted by molar-refractivity contribution is 8.14. The summed E-state index contributed by atoms with van der Waals surface area (Å²) in [6.45, 7) is 3.00. The Balaban J connectivity index is 1.85. The molecule has 2 rings (SSSR count). The van der Waals surface area contributed by atoms with Crippen molar-refractivity contribution in [3.05, 3.63) is 29.8 Å². The standard InChI is InChI=1S/C17H22F3NO2S/c1-2-22-10-3-11-24-16-15(8-9-21-16)13-4-6-14(7-5-13)23-12-17(18,19)20/h4-7,15H,2-3,8-12H2,1H3. The monoisotopic (exact) mass is 361 g/mol. The smallest absolute Gasteiger partial charge is 0.422 e. The Morgan fingerprint density at radius 3 is 2.67 bits per heavy atom. The normalized spacial score (nSPS) is 17.8. The number of halogens is 3. The number of hydrogen-bond acceptors (Lipinski definition) is 4. The Hall–Kier alpha value is -1.21. The van der Waals surface area contributed by atoms with Gasteiger partial charge in [-0.25, -0.2) is 0 Å². The number of hydrogen-bond donors (Lipinski definition) is 0. The van der Waals surface area contributed by atoms with E-state index in [-0.39, 0.29) is 11.7 Å². The van der Waals surface area contributed by atoms with Crippen molar-refractivity contribution >= 4 is 16.8 Å². The molecular weight excluding hydrogens is 339 g/mol. The molecule has 3 nitrogen and oxygen atoms in total. The Bertz CT molecular complexity index is 532. The van der Waals surface area contributed by atoms with E-state index < -0.39 is 12.8 Å². The lowest BCUT2D eigenvalue weighted by Crippen LogP contribution is -2.19. The van der Waals surface area contributed by atoms with E-state index in [1.165, 1.54) is 0 Å². The van der Waals surface area contributed by atoms with Gasteiger partial charge in [0.15, 0.2) is 6.61 Å². The van der Waals surface area contributed by atoms with Crippen LogP contribution in [0.25, 0.3) is 0 Å². The average Bonchev–Trinajstić information content (AvgIpc) is 3.01. The van der Waals surface area contributed by atoms with Crippen molar-refractivity contribution < 1.29 is 22.6 Å². The number of benzene rings is 1. The van der Waals surface area contributed by atoms with Crippen molar-refractivity contribution in [2.75, 3.05) is 32.1 Å². The van der Waals surface area contributed by atoms with E-state index in [1.807, 2.05) is 19.1 Å². The van der Waals surface area contributed by atoms with Gasteiger partial charge in [0.05, 0.1) is 5.04 Å². The Morgan fingerprint density at radius 1 is 1.25 bits per heavy atom. The molecule has 0 saturated heterocycles. The molecule has 7 heteroatoms. The minimum atomic E-state index is -4.32. The highest BCUT2D eigenvalue weighted by Crippen LogP contribution is 2.33. The predicted molar refractivity (Wildman–Crippen MR) is 91.2 cm³/mol. The summed E-state index contributed by atoms with van der Waals surface area (Å²) < 4.78 is 46.5. The van der Waals surface area contributed by atoms with Crippen molar-refractivity contribution in [3.8, 4) is 5.75 Å². The van der Waals surface area contributed by atoms with E-state index in [4.69, 9.17) is 9.47 Å². The van der Waals surface area contributed by atoms with Crippen LogP contribution in [0.5, 0.6) is 5.75 Å². The van der Waals surface area contributed by atoms with Crippen molar-refractivity contribution in [2.45, 2.75) is 31.9 Å². The topological polar surface area (TPSA) is 30.8 Å². The molecule has 0 fully saturated rings. The second-order valence-electron chi connectivity index (χ2n) is 5.43. The Morgan fingerprint density at radius 2 is 2.00 bits per heavy atom. The van der Waals surface area contributed by atoms with Crippen LogP contribution in [-0.2, 0) is 4.74 Å². The summed E-state index contributed by atoms with van der Waals surface area (Å²) in [5, 5.41) is 1.11. The molecule has 1 atom stereocenters. The maximum absolute atomic E-state index is 12.2. The number of rotatable bonds is 8. The summed E-state index contributed by atoms with van der Waals surface area (Å²) >= 11 is 1.75. The van der Waals surface area contributed by atoms with Gasteiger partial charge >= 0.3 is 6.18 Å². The zero-order chi connectivity index (χ0) is 17.4. The van der Waals surface area contributed by atoms with Crippen LogP contribution in [0, 0.1) is 0 Å². The molecule has 0 aromatic heterocycles. The molecule has 1 unspecified atom stereocenters. The van der Waals surface area contributed by atoms with Crippen LogP contribution in [0.3, 0.4) is 0 Å². The van der Waals surface area contributed by atoms with Gasteiger partial charge in [-0.1, -0.05) is 12.1 Å². The number of alkyl halides is 3. The van der Waals surface area contributed by atoms with Crippen LogP contribution in [0.4, 0.5) is 13.2 Å². The molecule has 134 valence electrons. The third-order valence-corrected chi connectivity index (χ3v) is 4.76. The first-order valence-electron chi connectivity index (χ1n) is 8.04. The van der Waals surface area contributed by atoms with Crippen LogP contribution < -0.4 is 4.74 Å². The van der Waals surface area contributed by atoms with Gasteiger partial charge in [0, 0.05) is 31.4 Å². The van der Waals surface area contributed by atoms with E-state index in [0.29, 0.717) is 0 Å². The molecule has 0 saturated carbocycles. The van der Waals surface area contributed by atoms with Crippen molar-refractivity contribution in [3.63, 3.8) is 0 Å². The van der Waals surface area contributed by atoms with Gasteiger partial charge in [0.25, 0.3) is 0 Å². The van der Waals surface area contributed by atoms with Gasteiger partial charge in [-0.2, -0.15) is 13.2 Å². The first-order valence-corrected chi connectivity index (χ1v) is 9.02. The molecule has 0 bridgehead atoms. The van der Waals surface area contributed by atoms with Crippen LogP contribution in [0.2, 0.25) is 0 Å². The number of thioether (sulfide) groups is 1. The predicted octanol–water partition coefficient (Wildman–Crippen LogP) is 4.67. The average molecular weight is 361 g/mol. The fourth-order valence-corrected chi connectivity index (χ4v) is 3.55. The lowest BCUT2D eigenvalue weighted by molar-refractivity contribution is -0.153. The van der Waals surface area contributed by atoms with Crippen molar-refractivity contribution in [1.82, 2.24) is 0 Å². The Kier molecular flexibility index (Phi) is 7.42. The van der Waals surface area contributed by atoms with Crippen LogP contribution in [0.1, 0.15) is 31.2 Å². The van der Waals surface area contributed by atoms with Crippen LogP contribution >= 0.6 is 11.8 Å². The van der Waals surface area contributed by atoms with Gasteiger partial charge in [0.2, 0.25) is 0 Å². The van der Waals surface area contributed by atoms with Crippen LogP contribution in [0.15, 0.2) is 29.3 Å². The van der Waals surface area contributed by atoms with Gasteiger partial charge < -0.3 is 9.47 Å². The van der Waals surface area contributed by atoms with Gasteiger partial charge in [-0.3, -0.25) is 4.99 Å². The van der Waals surface area contributed by atoms with Crippen molar-refractivity contribution in [1.29, 1.82) is 0 Å². The zero-order valence-electron chi connectivity index (χ0n) is 13.6. The van der Waals surface area contributed by atoms with E-state index in [9.17, 15) is 13.2 Å². The SMILES string of the molecule is CCOCCCSC1=NCCC1c1ccc(OCC(F)(F)F)cc1. The molecule has 0 amide bonds. The quantitative estimate of drug-likeness (QED) is 0.630. The lowest BCUT2D eigenvalue weighted by Gasteiger charge is -2.14. The van der Waals surface area contributed by atoms with E-state index in [1.54, 1.807) is 23.9 Å². The third kappa shape index (κ3) is 6.36. The second kappa shape index (κ2) is 9.32. The highest BCUT2D eigenvalue weighted by Gasteiger charge is 2.28. The maximum atomic E-state index is 12.2. The summed E-state index contributed by atoms with van der Waals surface area (Å²) in [6, 6.07) is 6.85. The molecule has 1 aliphatic heterocycles. The first-order chi connectivity index (χ1) is 11.5. The van der Waals surface area contributed by atoms with Crippen molar-refractivity contribution in [2.24, 2.45) is 4.99 Å².